The van der Waals surface area contributed by atoms with Gasteiger partial charge in [0.15, 0.2) is 0 Å². The van der Waals surface area contributed by atoms with Gasteiger partial charge in [-0.15, -0.1) is 0 Å². The third-order valence-corrected chi connectivity index (χ3v) is 9.00. The Morgan fingerprint density at radius 2 is 1.38 bits per heavy atom. The smallest absolute Gasteiger partial charge is 0.337 e. The lowest BCUT2D eigenvalue weighted by Gasteiger charge is -2.35. The molecule has 10 heteroatoms. The van der Waals surface area contributed by atoms with Crippen LogP contribution in [0.5, 0.6) is 0 Å². The number of non-ortho nitro benzene ring substituents is 1. The normalized spacial score (nSPS) is 15.2. The number of nitro groups is 1. The summed E-state index contributed by atoms with van der Waals surface area (Å²) in [5, 5.41) is 15.0. The SMILES string of the molecule is CCCOCC(C)(C)OC(=O)C1=C(C)NC(C)=C(C(=O)OC(C)(C)CN(C)CCC(c2ccccc2)c2ccccc2)C1c1cccc([N+](=O)[O-])c1. The molecule has 0 saturated carbocycles. The minimum absolute atomic E-state index is 0.161. The van der Waals surface area contributed by atoms with E-state index in [1.165, 1.54) is 23.3 Å². The maximum Gasteiger partial charge on any atom is 0.337 e. The number of esters is 2. The van der Waals surface area contributed by atoms with Gasteiger partial charge in [-0.3, -0.25) is 10.1 Å². The molecule has 278 valence electrons. The van der Waals surface area contributed by atoms with Gasteiger partial charge in [-0.25, -0.2) is 9.59 Å². The fourth-order valence-corrected chi connectivity index (χ4v) is 6.80. The van der Waals surface area contributed by atoms with Crippen LogP contribution in [0.25, 0.3) is 0 Å². The molecular weight excluding hydrogens is 658 g/mol. The first-order valence-electron chi connectivity index (χ1n) is 17.9. The molecule has 10 nitrogen and oxygen atoms in total. The van der Waals surface area contributed by atoms with Gasteiger partial charge in [0.1, 0.15) is 11.2 Å². The second-order valence-corrected chi connectivity index (χ2v) is 14.7. The molecule has 3 aromatic carbocycles. The Kier molecular flexibility index (Phi) is 13.5. The zero-order valence-corrected chi connectivity index (χ0v) is 31.7. The summed E-state index contributed by atoms with van der Waals surface area (Å²) in [7, 11) is 2.01. The number of carbonyl (C=O) groups excluding carboxylic acids is 2. The number of carbonyl (C=O) groups is 2. The van der Waals surface area contributed by atoms with Crippen LogP contribution in [0.4, 0.5) is 5.69 Å². The van der Waals surface area contributed by atoms with E-state index < -0.39 is 34.0 Å². The summed E-state index contributed by atoms with van der Waals surface area (Å²) < 4.78 is 17.9. The molecule has 0 spiro atoms. The molecule has 0 saturated heterocycles. The number of nitrogens with one attached hydrogen (secondary N) is 1. The van der Waals surface area contributed by atoms with Crippen molar-refractivity contribution in [3.05, 3.63) is 134 Å². The maximum atomic E-state index is 14.3. The average Bonchev–Trinajstić information content (AvgIpc) is 3.08. The maximum absolute atomic E-state index is 14.3. The molecule has 0 aromatic heterocycles. The standard InChI is InChI=1S/C42H53N3O7/c1-9-25-50-28-42(6,7)52-40(47)37-30(3)43-29(2)36(38(37)33-21-16-22-34(26-33)45(48)49)39(46)51-41(4,5)27-44(8)24-23-35(31-17-12-10-13-18-31)32-19-14-11-15-20-32/h10-22,26,35,38,43H,9,23-25,27-28H2,1-8H3. The first-order valence-corrected chi connectivity index (χ1v) is 17.9. The Morgan fingerprint density at radius 1 is 0.846 bits per heavy atom. The molecule has 3 aromatic rings. The Morgan fingerprint density at radius 3 is 1.90 bits per heavy atom. The largest absolute Gasteiger partial charge is 0.455 e. The number of likely N-dealkylation sites (N-methyl/N-ethyl adjacent to an activating group) is 1. The van der Waals surface area contributed by atoms with Crippen molar-refractivity contribution in [1.29, 1.82) is 0 Å². The summed E-state index contributed by atoms with van der Waals surface area (Å²) in [6.45, 7) is 14.6. The summed E-state index contributed by atoms with van der Waals surface area (Å²) in [5.41, 5.74) is 2.12. The molecule has 0 bridgehead atoms. The number of allylic oxidation sites excluding steroid dienone is 2. The highest BCUT2D eigenvalue weighted by atomic mass is 16.6. The number of nitro benzene ring substituents is 1. The number of hydrogen-bond donors (Lipinski definition) is 1. The second-order valence-electron chi connectivity index (χ2n) is 14.7. The van der Waals surface area contributed by atoms with Crippen LogP contribution in [0, 0.1) is 10.1 Å². The summed E-state index contributed by atoms with van der Waals surface area (Å²) in [5.74, 6) is -2.08. The lowest BCUT2D eigenvalue weighted by atomic mass is 9.80. The zero-order chi connectivity index (χ0) is 38.1. The van der Waals surface area contributed by atoms with Gasteiger partial charge >= 0.3 is 11.9 Å². The van der Waals surface area contributed by atoms with Gasteiger partial charge in [0.05, 0.1) is 28.6 Å². The van der Waals surface area contributed by atoms with Gasteiger partial charge in [0.2, 0.25) is 0 Å². The van der Waals surface area contributed by atoms with Gasteiger partial charge < -0.3 is 24.4 Å². The molecule has 1 aliphatic rings. The van der Waals surface area contributed by atoms with Crippen molar-refractivity contribution in [1.82, 2.24) is 10.2 Å². The minimum atomic E-state index is -0.987. The van der Waals surface area contributed by atoms with Crippen LogP contribution in [0.1, 0.15) is 89.8 Å². The van der Waals surface area contributed by atoms with Crippen LogP contribution in [-0.4, -0.2) is 66.3 Å². The number of nitrogens with zero attached hydrogens (tertiary/aromatic N) is 2. The van der Waals surface area contributed by atoms with Gasteiger partial charge in [-0.1, -0.05) is 79.7 Å². The van der Waals surface area contributed by atoms with Crippen LogP contribution >= 0.6 is 0 Å². The summed E-state index contributed by atoms with van der Waals surface area (Å²) in [6, 6.07) is 26.8. The van der Waals surface area contributed by atoms with E-state index in [0.717, 1.165) is 19.4 Å². The number of rotatable bonds is 17. The summed E-state index contributed by atoms with van der Waals surface area (Å²) >= 11 is 0. The molecule has 0 fully saturated rings. The van der Waals surface area contributed by atoms with Crippen LogP contribution < -0.4 is 5.32 Å². The van der Waals surface area contributed by atoms with E-state index in [-0.39, 0.29) is 29.4 Å². The van der Waals surface area contributed by atoms with Crippen LogP contribution in [0.2, 0.25) is 0 Å². The highest BCUT2D eigenvalue weighted by Crippen LogP contribution is 2.41. The fourth-order valence-electron chi connectivity index (χ4n) is 6.80. The monoisotopic (exact) mass is 711 g/mol. The molecule has 4 rings (SSSR count). The van der Waals surface area contributed by atoms with Crippen molar-refractivity contribution in [3.63, 3.8) is 0 Å². The van der Waals surface area contributed by atoms with Gasteiger partial charge in [0, 0.05) is 42.6 Å². The quantitative estimate of drug-likeness (QED) is 0.0642. The van der Waals surface area contributed by atoms with E-state index in [2.05, 4.69) is 58.7 Å². The second kappa shape index (κ2) is 17.6. The number of ether oxygens (including phenoxy) is 3. The molecular formula is C42H53N3O7. The molecule has 1 unspecified atom stereocenters. The van der Waals surface area contributed by atoms with E-state index in [9.17, 15) is 19.7 Å². The molecule has 1 atom stereocenters. The van der Waals surface area contributed by atoms with E-state index in [1.807, 2.05) is 40.0 Å². The lowest BCUT2D eigenvalue weighted by molar-refractivity contribution is -0.384. The number of hydrogen-bond acceptors (Lipinski definition) is 9. The lowest BCUT2D eigenvalue weighted by Crippen LogP contribution is -2.43. The van der Waals surface area contributed by atoms with Crippen molar-refractivity contribution < 1.29 is 28.7 Å². The first-order chi connectivity index (χ1) is 24.6. The van der Waals surface area contributed by atoms with E-state index in [4.69, 9.17) is 14.2 Å². The molecule has 0 aliphatic carbocycles. The van der Waals surface area contributed by atoms with Crippen molar-refractivity contribution >= 4 is 17.6 Å². The Bertz CT molecular complexity index is 1730. The molecule has 1 heterocycles. The van der Waals surface area contributed by atoms with Crippen LogP contribution in [-0.2, 0) is 23.8 Å². The van der Waals surface area contributed by atoms with Crippen LogP contribution in [0.3, 0.4) is 0 Å². The highest BCUT2D eigenvalue weighted by Gasteiger charge is 2.41. The Labute approximate surface area is 308 Å². The number of benzene rings is 3. The number of dihydropyridines is 1. The van der Waals surface area contributed by atoms with Crippen molar-refractivity contribution in [2.24, 2.45) is 0 Å². The highest BCUT2D eigenvalue weighted by molar-refractivity contribution is 6.00. The predicted molar refractivity (Wildman–Crippen MR) is 203 cm³/mol. The third-order valence-electron chi connectivity index (χ3n) is 9.00. The van der Waals surface area contributed by atoms with E-state index in [1.54, 1.807) is 39.8 Å². The average molecular weight is 712 g/mol. The van der Waals surface area contributed by atoms with Crippen molar-refractivity contribution in [3.8, 4) is 0 Å². The fraction of sp³-hybridized carbons (Fsp3) is 0.429. The Balaban J connectivity index is 1.58. The molecule has 0 radical (unpaired) electrons. The zero-order valence-electron chi connectivity index (χ0n) is 31.7. The van der Waals surface area contributed by atoms with E-state index in [0.29, 0.717) is 30.1 Å². The summed E-state index contributed by atoms with van der Waals surface area (Å²) in [6.07, 6.45) is 1.67. The van der Waals surface area contributed by atoms with Gasteiger partial charge in [-0.05, 0) is 84.7 Å². The van der Waals surface area contributed by atoms with Crippen molar-refractivity contribution in [2.45, 2.75) is 84.3 Å². The minimum Gasteiger partial charge on any atom is -0.455 e. The topological polar surface area (TPSA) is 120 Å². The summed E-state index contributed by atoms with van der Waals surface area (Å²) in [4.78, 5) is 41.8. The van der Waals surface area contributed by atoms with Crippen LogP contribution in [0.15, 0.2) is 107 Å². The van der Waals surface area contributed by atoms with Gasteiger partial charge in [-0.2, -0.15) is 0 Å². The first kappa shape index (κ1) is 40.0. The van der Waals surface area contributed by atoms with E-state index >= 15 is 0 Å². The molecule has 0 amide bonds. The predicted octanol–water partition coefficient (Wildman–Crippen LogP) is 8.05. The molecule has 1 aliphatic heterocycles. The molecule has 52 heavy (non-hydrogen) atoms. The Hall–Kier alpha value is -4.80. The van der Waals surface area contributed by atoms with Gasteiger partial charge in [0.25, 0.3) is 5.69 Å². The van der Waals surface area contributed by atoms with Crippen molar-refractivity contribution in [2.75, 3.05) is 33.4 Å². The third kappa shape index (κ3) is 10.6. The molecule has 1 N–H and O–H groups in total.